The molecule has 2 amide bonds. The summed E-state index contributed by atoms with van der Waals surface area (Å²) < 4.78 is 0. The van der Waals surface area contributed by atoms with Crippen molar-refractivity contribution in [3.05, 3.63) is 47.5 Å². The Bertz CT molecular complexity index is 1450. The molecule has 5 aliphatic rings. The number of allylic oxidation sites excluding steroid dienone is 1. The van der Waals surface area contributed by atoms with Crippen molar-refractivity contribution in [2.24, 2.45) is 57.2 Å². The number of benzene rings is 1. The summed E-state index contributed by atoms with van der Waals surface area (Å²) in [6.07, 6.45) is 16.9. The first-order valence-electron chi connectivity index (χ1n) is 20.7. The quantitative estimate of drug-likeness (QED) is 0.109. The van der Waals surface area contributed by atoms with E-state index in [1.165, 1.54) is 31.3 Å². The smallest absolute Gasteiger partial charge is 0.251 e. The maximum atomic E-state index is 14.6. The molecule has 282 valence electrons. The number of carbonyl (C=O) groups is 3. The number of unbranched alkanes of at least 4 members (excludes halogenated alkanes) is 4. The van der Waals surface area contributed by atoms with Crippen molar-refractivity contribution in [3.8, 4) is 0 Å². The first-order valence-corrected chi connectivity index (χ1v) is 20.7. The molecule has 0 aromatic heterocycles. The second-order valence-corrected chi connectivity index (χ2v) is 18.9. The van der Waals surface area contributed by atoms with Crippen molar-refractivity contribution in [2.45, 2.75) is 143 Å². The Morgan fingerprint density at radius 1 is 0.843 bits per heavy atom. The molecule has 6 rings (SSSR count). The van der Waals surface area contributed by atoms with E-state index in [-0.39, 0.29) is 39.6 Å². The molecule has 10 atom stereocenters. The standard InChI is InChI=1S/C45H68N2O4/c1-30(2)32-18-25-45(41(51)47-28-22-31-14-10-11-15-33(31)40(50)46-27-12-8-7-9-13-29-48)26-19-35-34(39(32)45)16-17-37-43(35,5)23-20-36-42(3,4)38(49)21-24-44(36,37)6/h10-11,14-15,29,32,34-39,49H,1,7-9,12-13,16-28H2,2-6H3,(H,46,50)(H,47,51). The molecule has 0 aliphatic heterocycles. The number of aldehydes is 1. The average molecular weight is 701 g/mol. The van der Waals surface area contributed by atoms with Crippen LogP contribution in [-0.2, 0) is 16.0 Å². The molecule has 51 heavy (non-hydrogen) atoms. The van der Waals surface area contributed by atoms with Crippen molar-refractivity contribution < 1.29 is 19.5 Å². The Morgan fingerprint density at radius 2 is 1.57 bits per heavy atom. The number of nitrogens with one attached hydrogen (secondary N) is 2. The van der Waals surface area contributed by atoms with Gasteiger partial charge in [0.05, 0.1) is 11.5 Å². The molecule has 10 unspecified atom stereocenters. The summed E-state index contributed by atoms with van der Waals surface area (Å²) in [6.45, 7) is 17.7. The fourth-order valence-electron chi connectivity index (χ4n) is 13.6. The van der Waals surface area contributed by atoms with Crippen molar-refractivity contribution in [1.82, 2.24) is 10.6 Å². The van der Waals surface area contributed by atoms with E-state index in [4.69, 9.17) is 0 Å². The Morgan fingerprint density at radius 3 is 2.33 bits per heavy atom. The fraction of sp³-hybridized carbons (Fsp3) is 0.756. The third-order valence-corrected chi connectivity index (χ3v) is 16.1. The minimum absolute atomic E-state index is 0.0373. The summed E-state index contributed by atoms with van der Waals surface area (Å²) in [6, 6.07) is 7.80. The zero-order chi connectivity index (χ0) is 36.6. The molecule has 5 saturated carbocycles. The van der Waals surface area contributed by atoms with Gasteiger partial charge in [-0.05, 0) is 154 Å². The van der Waals surface area contributed by atoms with Crippen molar-refractivity contribution >= 4 is 18.1 Å². The van der Waals surface area contributed by atoms with Crippen LogP contribution in [-0.4, -0.2) is 42.4 Å². The summed E-state index contributed by atoms with van der Waals surface area (Å²) in [4.78, 5) is 38.2. The van der Waals surface area contributed by atoms with Gasteiger partial charge in [-0.2, -0.15) is 0 Å². The topological polar surface area (TPSA) is 95.5 Å². The molecular formula is C45H68N2O4. The third kappa shape index (κ3) is 6.78. The Hall–Kier alpha value is -2.47. The van der Waals surface area contributed by atoms with Gasteiger partial charge in [-0.3, -0.25) is 9.59 Å². The van der Waals surface area contributed by atoms with Crippen LogP contribution in [0.1, 0.15) is 147 Å². The predicted molar refractivity (Wildman–Crippen MR) is 205 cm³/mol. The first-order chi connectivity index (χ1) is 24.3. The van der Waals surface area contributed by atoms with Crippen molar-refractivity contribution in [2.75, 3.05) is 13.1 Å². The number of aliphatic hydroxyl groups excluding tert-OH is 1. The van der Waals surface area contributed by atoms with Gasteiger partial charge < -0.3 is 20.5 Å². The monoisotopic (exact) mass is 701 g/mol. The molecule has 0 heterocycles. The van der Waals surface area contributed by atoms with E-state index >= 15 is 0 Å². The van der Waals surface area contributed by atoms with Gasteiger partial charge in [-0.25, -0.2) is 0 Å². The fourth-order valence-corrected chi connectivity index (χ4v) is 13.6. The first kappa shape index (κ1) is 38.3. The molecule has 6 nitrogen and oxygen atoms in total. The van der Waals surface area contributed by atoms with Gasteiger partial charge in [0.25, 0.3) is 5.91 Å². The highest BCUT2D eigenvalue weighted by Crippen LogP contribution is 2.73. The van der Waals surface area contributed by atoms with E-state index < -0.39 is 0 Å². The molecule has 5 fully saturated rings. The Kier molecular flexibility index (Phi) is 11.3. The van der Waals surface area contributed by atoms with Crippen LogP contribution in [0.2, 0.25) is 0 Å². The number of hydrogen-bond donors (Lipinski definition) is 3. The van der Waals surface area contributed by atoms with Crippen LogP contribution in [0.4, 0.5) is 0 Å². The Labute approximate surface area is 308 Å². The lowest BCUT2D eigenvalue weighted by Gasteiger charge is -2.69. The van der Waals surface area contributed by atoms with E-state index in [1.54, 1.807) is 0 Å². The number of carbonyl (C=O) groups excluding carboxylic acids is 3. The van der Waals surface area contributed by atoms with Gasteiger partial charge in [-0.1, -0.05) is 70.9 Å². The molecule has 6 heteroatoms. The molecule has 0 radical (unpaired) electrons. The number of amides is 2. The molecule has 0 spiro atoms. The molecule has 1 aromatic rings. The van der Waals surface area contributed by atoms with Gasteiger partial charge in [0.15, 0.2) is 0 Å². The van der Waals surface area contributed by atoms with Gasteiger partial charge in [0.2, 0.25) is 5.91 Å². The second kappa shape index (κ2) is 15.1. The minimum Gasteiger partial charge on any atom is -0.393 e. The molecule has 0 saturated heterocycles. The molecular weight excluding hydrogens is 633 g/mol. The molecule has 5 aliphatic carbocycles. The van der Waals surface area contributed by atoms with Crippen molar-refractivity contribution in [1.29, 1.82) is 0 Å². The zero-order valence-electron chi connectivity index (χ0n) is 32.5. The van der Waals surface area contributed by atoms with E-state index in [0.29, 0.717) is 67.0 Å². The highest BCUT2D eigenvalue weighted by atomic mass is 16.3. The lowest BCUT2D eigenvalue weighted by atomic mass is 9.36. The highest BCUT2D eigenvalue weighted by molar-refractivity contribution is 5.95. The molecule has 3 N–H and O–H groups in total. The second-order valence-electron chi connectivity index (χ2n) is 18.9. The maximum absolute atomic E-state index is 14.6. The van der Waals surface area contributed by atoms with Crippen LogP contribution in [0.25, 0.3) is 0 Å². The summed E-state index contributed by atoms with van der Waals surface area (Å²) in [5.41, 5.74) is 3.08. The number of fused-ring (bicyclic) bond motifs is 7. The molecule has 0 bridgehead atoms. The van der Waals surface area contributed by atoms with Crippen LogP contribution in [0.3, 0.4) is 0 Å². The van der Waals surface area contributed by atoms with Crippen LogP contribution in [0.5, 0.6) is 0 Å². The van der Waals surface area contributed by atoms with Gasteiger partial charge in [-0.15, -0.1) is 0 Å². The maximum Gasteiger partial charge on any atom is 0.251 e. The van der Waals surface area contributed by atoms with Gasteiger partial charge in [0.1, 0.15) is 6.29 Å². The van der Waals surface area contributed by atoms with Gasteiger partial charge in [0, 0.05) is 25.1 Å². The molecule has 1 aromatic carbocycles. The summed E-state index contributed by atoms with van der Waals surface area (Å²) in [5, 5.41) is 17.6. The lowest BCUT2D eigenvalue weighted by molar-refractivity contribution is -0.216. The number of aliphatic hydroxyl groups is 1. The lowest BCUT2D eigenvalue weighted by Crippen LogP contribution is -2.64. The average Bonchev–Trinajstić information content (AvgIpc) is 3.52. The third-order valence-electron chi connectivity index (χ3n) is 16.1. The number of rotatable bonds is 13. The summed E-state index contributed by atoms with van der Waals surface area (Å²) >= 11 is 0. The van der Waals surface area contributed by atoms with Crippen LogP contribution >= 0.6 is 0 Å². The van der Waals surface area contributed by atoms with Crippen LogP contribution in [0.15, 0.2) is 36.4 Å². The zero-order valence-corrected chi connectivity index (χ0v) is 32.5. The predicted octanol–water partition coefficient (Wildman–Crippen LogP) is 8.85. The van der Waals surface area contributed by atoms with E-state index in [0.717, 1.165) is 76.1 Å². The van der Waals surface area contributed by atoms with Crippen LogP contribution < -0.4 is 10.6 Å². The van der Waals surface area contributed by atoms with E-state index in [9.17, 15) is 19.5 Å². The minimum atomic E-state index is -0.339. The summed E-state index contributed by atoms with van der Waals surface area (Å²) in [5.74, 6) is 3.34. The number of hydrogen-bond acceptors (Lipinski definition) is 4. The van der Waals surface area contributed by atoms with Crippen LogP contribution in [0, 0.1) is 57.2 Å². The largest absolute Gasteiger partial charge is 0.393 e. The van der Waals surface area contributed by atoms with Gasteiger partial charge >= 0.3 is 0 Å². The van der Waals surface area contributed by atoms with E-state index in [1.807, 2.05) is 24.3 Å². The van der Waals surface area contributed by atoms with E-state index in [2.05, 4.69) is 51.8 Å². The SMILES string of the molecule is C=C(C)C1CCC2(C(=O)NCCc3ccccc3C(=O)NCCCCCCC=O)CCC3C(CCC4C3(C)CCC3C(C)(C)C(O)CCC34C)C12. The normalized spacial score (nSPS) is 38.0. The van der Waals surface area contributed by atoms with Crippen molar-refractivity contribution in [3.63, 3.8) is 0 Å². The summed E-state index contributed by atoms with van der Waals surface area (Å²) in [7, 11) is 0. The highest BCUT2D eigenvalue weighted by Gasteiger charge is 2.68. The Balaban J connectivity index is 1.13.